The molecule has 0 bridgehead atoms. The Kier molecular flexibility index (Phi) is 7.52. The van der Waals surface area contributed by atoms with Gasteiger partial charge in [0.15, 0.2) is 0 Å². The molecule has 5 rings (SSSR count). The average molecular weight is 505 g/mol. The van der Waals surface area contributed by atoms with Gasteiger partial charge in [-0.15, -0.1) is 0 Å². The van der Waals surface area contributed by atoms with E-state index >= 15 is 0 Å². The minimum absolute atomic E-state index is 0.0653. The van der Waals surface area contributed by atoms with Gasteiger partial charge in [-0.1, -0.05) is 102 Å². The summed E-state index contributed by atoms with van der Waals surface area (Å²) in [6, 6.07) is 33.8. The SMILES string of the molecule is Cc1cccc(CN2C(=O)/C(=C/c3ccccc3)Sc3ccc(C(=O)NCCc4ccccc4)cc32)c1. The number of benzene rings is 4. The standard InChI is InChI=1S/C32H28N2O2S/c1-23-9-8-14-26(19-23)22-34-28-21-27(31(35)33-18-17-24-10-4-2-5-11-24)15-16-29(28)37-30(32(34)36)20-25-12-6-3-7-13-25/h2-16,19-21H,17-18,22H2,1H3,(H,33,35)/b30-20-. The second-order valence-electron chi connectivity index (χ2n) is 9.08. The molecular weight excluding hydrogens is 476 g/mol. The summed E-state index contributed by atoms with van der Waals surface area (Å²) < 4.78 is 0. The zero-order valence-corrected chi connectivity index (χ0v) is 21.5. The highest BCUT2D eigenvalue weighted by molar-refractivity contribution is 8.04. The van der Waals surface area contributed by atoms with E-state index in [1.807, 2.05) is 97.9 Å². The number of carbonyl (C=O) groups excluding carboxylic acids is 2. The van der Waals surface area contributed by atoms with Gasteiger partial charge in [0, 0.05) is 17.0 Å². The first kappa shape index (κ1) is 24.6. The van der Waals surface area contributed by atoms with Crippen molar-refractivity contribution in [2.75, 3.05) is 11.4 Å². The molecule has 5 heteroatoms. The smallest absolute Gasteiger partial charge is 0.265 e. The zero-order valence-electron chi connectivity index (χ0n) is 20.7. The number of fused-ring (bicyclic) bond motifs is 1. The predicted molar refractivity (Wildman–Crippen MR) is 152 cm³/mol. The van der Waals surface area contributed by atoms with Gasteiger partial charge >= 0.3 is 0 Å². The summed E-state index contributed by atoms with van der Waals surface area (Å²) >= 11 is 1.45. The highest BCUT2D eigenvalue weighted by Crippen LogP contribution is 2.43. The van der Waals surface area contributed by atoms with Gasteiger partial charge < -0.3 is 10.2 Å². The van der Waals surface area contributed by atoms with Crippen molar-refractivity contribution in [2.45, 2.75) is 24.8 Å². The number of amides is 2. The quantitative estimate of drug-likeness (QED) is 0.287. The second-order valence-corrected chi connectivity index (χ2v) is 10.2. The first-order valence-corrected chi connectivity index (χ1v) is 13.2. The van der Waals surface area contributed by atoms with Crippen LogP contribution in [-0.2, 0) is 17.8 Å². The maximum Gasteiger partial charge on any atom is 0.265 e. The molecule has 4 aromatic carbocycles. The normalized spacial score (nSPS) is 13.9. The van der Waals surface area contributed by atoms with E-state index in [0.717, 1.165) is 33.7 Å². The molecule has 0 fully saturated rings. The average Bonchev–Trinajstić information content (AvgIpc) is 2.92. The Morgan fingerprint density at radius 2 is 1.59 bits per heavy atom. The molecule has 0 aliphatic carbocycles. The van der Waals surface area contributed by atoms with Gasteiger partial charge in [-0.25, -0.2) is 0 Å². The van der Waals surface area contributed by atoms with Crippen LogP contribution in [0.4, 0.5) is 5.69 Å². The lowest BCUT2D eigenvalue weighted by molar-refractivity contribution is -0.114. The van der Waals surface area contributed by atoms with Crippen LogP contribution in [0.25, 0.3) is 6.08 Å². The number of aryl methyl sites for hydroxylation is 1. The Hall–Kier alpha value is -4.09. The fourth-order valence-electron chi connectivity index (χ4n) is 4.37. The van der Waals surface area contributed by atoms with Crippen LogP contribution in [0.5, 0.6) is 0 Å². The molecule has 0 aromatic heterocycles. The van der Waals surface area contributed by atoms with Crippen molar-refractivity contribution in [3.63, 3.8) is 0 Å². The van der Waals surface area contributed by atoms with E-state index in [4.69, 9.17) is 0 Å². The zero-order chi connectivity index (χ0) is 25.6. The second kappa shape index (κ2) is 11.3. The van der Waals surface area contributed by atoms with Crippen LogP contribution < -0.4 is 10.2 Å². The highest BCUT2D eigenvalue weighted by atomic mass is 32.2. The van der Waals surface area contributed by atoms with Crippen molar-refractivity contribution in [3.8, 4) is 0 Å². The number of nitrogens with one attached hydrogen (secondary N) is 1. The van der Waals surface area contributed by atoms with Gasteiger partial charge in [-0.3, -0.25) is 9.59 Å². The minimum atomic E-state index is -0.141. The number of anilines is 1. The van der Waals surface area contributed by atoms with Crippen molar-refractivity contribution in [1.29, 1.82) is 0 Å². The molecule has 0 spiro atoms. The monoisotopic (exact) mass is 504 g/mol. The van der Waals surface area contributed by atoms with Gasteiger partial charge in [0.1, 0.15) is 0 Å². The molecule has 2 amide bonds. The summed E-state index contributed by atoms with van der Waals surface area (Å²) in [6.45, 7) is 3.02. The molecule has 0 radical (unpaired) electrons. The van der Waals surface area contributed by atoms with Gasteiger partial charge in [0.2, 0.25) is 0 Å². The number of nitrogens with zero attached hydrogens (tertiary/aromatic N) is 1. The number of hydrogen-bond donors (Lipinski definition) is 1. The fraction of sp³-hybridized carbons (Fsp3) is 0.125. The molecule has 0 saturated heterocycles. The van der Waals surface area contributed by atoms with Crippen molar-refractivity contribution in [1.82, 2.24) is 5.32 Å². The lowest BCUT2D eigenvalue weighted by atomic mass is 10.1. The van der Waals surface area contributed by atoms with E-state index in [1.54, 1.807) is 4.90 Å². The summed E-state index contributed by atoms with van der Waals surface area (Å²) in [5.74, 6) is -0.207. The van der Waals surface area contributed by atoms with Crippen LogP contribution in [0.3, 0.4) is 0 Å². The Morgan fingerprint density at radius 1 is 0.865 bits per heavy atom. The lowest BCUT2D eigenvalue weighted by Gasteiger charge is -2.31. The van der Waals surface area contributed by atoms with Crippen molar-refractivity contribution < 1.29 is 9.59 Å². The van der Waals surface area contributed by atoms with Crippen LogP contribution >= 0.6 is 11.8 Å². The van der Waals surface area contributed by atoms with Crippen molar-refractivity contribution >= 4 is 35.3 Å². The molecule has 1 aliphatic heterocycles. The minimum Gasteiger partial charge on any atom is -0.352 e. The molecule has 0 unspecified atom stereocenters. The topological polar surface area (TPSA) is 49.4 Å². The largest absolute Gasteiger partial charge is 0.352 e. The van der Waals surface area contributed by atoms with E-state index in [1.165, 1.54) is 17.3 Å². The highest BCUT2D eigenvalue weighted by Gasteiger charge is 2.30. The van der Waals surface area contributed by atoms with Gasteiger partial charge in [0.05, 0.1) is 17.1 Å². The summed E-state index contributed by atoms with van der Waals surface area (Å²) in [6.07, 6.45) is 2.70. The third kappa shape index (κ3) is 6.01. The maximum atomic E-state index is 13.7. The number of hydrogen-bond acceptors (Lipinski definition) is 3. The maximum absolute atomic E-state index is 13.7. The lowest BCUT2D eigenvalue weighted by Crippen LogP contribution is -2.34. The van der Waals surface area contributed by atoms with E-state index < -0.39 is 0 Å². The Labute approximate surface area is 222 Å². The summed E-state index contributed by atoms with van der Waals surface area (Å²) in [7, 11) is 0. The van der Waals surface area contributed by atoms with Gasteiger partial charge in [-0.05, 0) is 54.3 Å². The molecule has 184 valence electrons. The predicted octanol–water partition coefficient (Wildman–Crippen LogP) is 6.65. The first-order chi connectivity index (χ1) is 18.1. The Morgan fingerprint density at radius 3 is 2.35 bits per heavy atom. The molecule has 37 heavy (non-hydrogen) atoms. The van der Waals surface area contributed by atoms with Crippen molar-refractivity contribution in [2.24, 2.45) is 0 Å². The van der Waals surface area contributed by atoms with Crippen LogP contribution in [-0.4, -0.2) is 18.4 Å². The van der Waals surface area contributed by atoms with Crippen LogP contribution in [0.15, 0.2) is 113 Å². The molecule has 1 heterocycles. The van der Waals surface area contributed by atoms with Gasteiger partial charge in [0.25, 0.3) is 11.8 Å². The van der Waals surface area contributed by atoms with Crippen LogP contribution in [0.2, 0.25) is 0 Å². The van der Waals surface area contributed by atoms with Crippen LogP contribution in [0.1, 0.15) is 32.6 Å². The number of carbonyl (C=O) groups is 2. The summed E-state index contributed by atoms with van der Waals surface area (Å²) in [4.78, 5) is 30.1. The van der Waals surface area contributed by atoms with E-state index in [9.17, 15) is 9.59 Å². The Balaban J connectivity index is 1.42. The molecule has 4 aromatic rings. The number of rotatable bonds is 7. The molecule has 0 atom stereocenters. The fourth-order valence-corrected chi connectivity index (χ4v) is 5.41. The third-order valence-corrected chi connectivity index (χ3v) is 7.33. The van der Waals surface area contributed by atoms with Crippen LogP contribution in [0, 0.1) is 6.92 Å². The van der Waals surface area contributed by atoms with Gasteiger partial charge in [-0.2, -0.15) is 0 Å². The van der Waals surface area contributed by atoms with Crippen molar-refractivity contribution in [3.05, 3.63) is 136 Å². The first-order valence-electron chi connectivity index (χ1n) is 12.3. The molecule has 1 aliphatic rings. The summed E-state index contributed by atoms with van der Waals surface area (Å²) in [5, 5.41) is 3.02. The Bertz CT molecular complexity index is 1450. The van der Waals surface area contributed by atoms with E-state index in [0.29, 0.717) is 23.6 Å². The van der Waals surface area contributed by atoms with E-state index in [-0.39, 0.29) is 11.8 Å². The summed E-state index contributed by atoms with van der Waals surface area (Å²) in [5.41, 5.74) is 5.65. The third-order valence-electron chi connectivity index (χ3n) is 6.25. The molecular formula is C32H28N2O2S. The molecule has 1 N–H and O–H groups in total. The van der Waals surface area contributed by atoms with E-state index in [2.05, 4.69) is 23.5 Å². The number of thioether (sulfide) groups is 1. The molecule has 4 nitrogen and oxygen atoms in total. The molecule has 0 saturated carbocycles.